The van der Waals surface area contributed by atoms with Crippen molar-refractivity contribution in [1.29, 1.82) is 0 Å². The fourth-order valence-corrected chi connectivity index (χ4v) is 2.65. The lowest BCUT2D eigenvalue weighted by atomic mass is 10.2. The average Bonchev–Trinajstić information content (AvgIpc) is 2.52. The van der Waals surface area contributed by atoms with E-state index >= 15 is 0 Å². The summed E-state index contributed by atoms with van der Waals surface area (Å²) in [6.45, 7) is 0. The first-order valence-corrected chi connectivity index (χ1v) is 7.65. The van der Waals surface area contributed by atoms with Crippen LogP contribution in [0, 0.1) is 22.0 Å². The molecule has 2 rings (SSSR count). The van der Waals surface area contributed by atoms with E-state index in [1.165, 1.54) is 12.1 Å². The van der Waals surface area contributed by atoms with Crippen LogP contribution < -0.4 is 0 Å². The summed E-state index contributed by atoms with van der Waals surface area (Å²) < 4.78 is 11.9. The monoisotopic (exact) mass is 299 g/mol. The number of hydrogen-bond donors (Lipinski definition) is 0. The molecule has 0 radical (unpaired) electrons. The summed E-state index contributed by atoms with van der Waals surface area (Å²) in [6, 6.07) is 15.3. The summed E-state index contributed by atoms with van der Waals surface area (Å²) in [5, 5.41) is 10.5. The third-order valence-electron chi connectivity index (χ3n) is 2.73. The number of nitro benzene ring substituents is 1. The first-order chi connectivity index (χ1) is 10.2. The highest BCUT2D eigenvalue weighted by atomic mass is 32.2. The Labute approximate surface area is 125 Å². The maximum absolute atomic E-state index is 11.9. The van der Waals surface area contributed by atoms with Gasteiger partial charge in [0.15, 0.2) is 0 Å². The quantitative estimate of drug-likeness (QED) is 0.495. The van der Waals surface area contributed by atoms with E-state index < -0.39 is 15.7 Å². The smallest absolute Gasteiger partial charge is 0.258 e. The number of non-ortho nitro benzene ring substituents is 1. The van der Waals surface area contributed by atoms with Crippen molar-refractivity contribution in [2.45, 2.75) is 11.3 Å². The minimum Gasteiger partial charge on any atom is -0.258 e. The highest BCUT2D eigenvalue weighted by molar-refractivity contribution is 7.85. The fourth-order valence-electron chi connectivity index (χ4n) is 1.66. The maximum atomic E-state index is 11.9. The van der Waals surface area contributed by atoms with Crippen LogP contribution in [-0.4, -0.2) is 14.9 Å². The van der Waals surface area contributed by atoms with Crippen LogP contribution in [-0.2, 0) is 10.8 Å². The first-order valence-electron chi connectivity index (χ1n) is 6.33. The molecule has 1 atom stereocenters. The van der Waals surface area contributed by atoms with Gasteiger partial charge in [-0.15, -0.1) is 0 Å². The largest absolute Gasteiger partial charge is 0.269 e. The van der Waals surface area contributed by atoms with Gasteiger partial charge in [-0.1, -0.05) is 30.0 Å². The summed E-state index contributed by atoms with van der Waals surface area (Å²) in [5.74, 6) is 6.32. The molecular formula is C16H13NO3S. The average molecular weight is 299 g/mol. The molecule has 5 heteroatoms. The Morgan fingerprint density at radius 3 is 2.33 bits per heavy atom. The molecule has 0 aliphatic carbocycles. The molecule has 2 aromatic rings. The van der Waals surface area contributed by atoms with Gasteiger partial charge in [0, 0.05) is 34.8 Å². The molecule has 0 saturated carbocycles. The second-order valence-corrected chi connectivity index (χ2v) is 5.79. The van der Waals surface area contributed by atoms with Gasteiger partial charge in [-0.05, 0) is 24.3 Å². The minimum atomic E-state index is -1.04. The molecule has 0 saturated heterocycles. The SMILES string of the molecule is O=[N+]([O-])c1ccc(C#CCCS(=O)c2ccccc2)cc1. The lowest BCUT2D eigenvalue weighted by molar-refractivity contribution is -0.384. The molecule has 0 amide bonds. The molecule has 106 valence electrons. The van der Waals surface area contributed by atoms with Gasteiger partial charge in [0.05, 0.1) is 15.7 Å². The molecule has 2 aromatic carbocycles. The van der Waals surface area contributed by atoms with Crippen LogP contribution in [0.2, 0.25) is 0 Å². The van der Waals surface area contributed by atoms with Crippen molar-refractivity contribution in [2.75, 3.05) is 5.75 Å². The summed E-state index contributed by atoms with van der Waals surface area (Å²) >= 11 is 0. The van der Waals surface area contributed by atoms with Crippen molar-refractivity contribution in [3.63, 3.8) is 0 Å². The minimum absolute atomic E-state index is 0.0470. The Morgan fingerprint density at radius 1 is 1.05 bits per heavy atom. The number of rotatable bonds is 4. The van der Waals surface area contributed by atoms with Gasteiger partial charge in [-0.3, -0.25) is 14.3 Å². The predicted octanol–water partition coefficient (Wildman–Crippen LogP) is 3.14. The van der Waals surface area contributed by atoms with E-state index in [0.29, 0.717) is 17.7 Å². The molecule has 0 bridgehead atoms. The van der Waals surface area contributed by atoms with Gasteiger partial charge < -0.3 is 0 Å². The van der Waals surface area contributed by atoms with Crippen molar-refractivity contribution >= 4 is 16.5 Å². The third-order valence-corrected chi connectivity index (χ3v) is 4.10. The van der Waals surface area contributed by atoms with Gasteiger partial charge in [-0.25, -0.2) is 0 Å². The Kier molecular flexibility index (Phi) is 5.24. The normalized spacial score (nSPS) is 11.2. The molecule has 0 N–H and O–H groups in total. The zero-order valence-electron chi connectivity index (χ0n) is 11.2. The molecule has 0 heterocycles. The number of nitro groups is 1. The third kappa shape index (κ3) is 4.55. The highest BCUT2D eigenvalue weighted by Crippen LogP contribution is 2.11. The van der Waals surface area contributed by atoms with Crippen LogP contribution in [0.5, 0.6) is 0 Å². The fraction of sp³-hybridized carbons (Fsp3) is 0.125. The lowest BCUT2D eigenvalue weighted by Crippen LogP contribution is -1.96. The van der Waals surface area contributed by atoms with E-state index in [2.05, 4.69) is 11.8 Å². The van der Waals surface area contributed by atoms with Gasteiger partial charge >= 0.3 is 0 Å². The molecule has 0 aliphatic rings. The molecular weight excluding hydrogens is 286 g/mol. The summed E-state index contributed by atoms with van der Waals surface area (Å²) in [4.78, 5) is 10.9. The van der Waals surface area contributed by atoms with Crippen LogP contribution >= 0.6 is 0 Å². The maximum Gasteiger partial charge on any atom is 0.269 e. The number of nitrogens with zero attached hydrogens (tertiary/aromatic N) is 1. The second-order valence-electron chi connectivity index (χ2n) is 4.22. The van der Waals surface area contributed by atoms with Crippen molar-refractivity contribution in [1.82, 2.24) is 0 Å². The number of benzene rings is 2. The van der Waals surface area contributed by atoms with Gasteiger partial charge in [0.1, 0.15) is 0 Å². The predicted molar refractivity (Wildman–Crippen MR) is 82.3 cm³/mol. The van der Waals surface area contributed by atoms with Crippen LogP contribution in [0.25, 0.3) is 0 Å². The van der Waals surface area contributed by atoms with E-state index in [9.17, 15) is 14.3 Å². The lowest BCUT2D eigenvalue weighted by Gasteiger charge is -1.98. The van der Waals surface area contributed by atoms with Crippen molar-refractivity contribution in [2.24, 2.45) is 0 Å². The zero-order valence-corrected chi connectivity index (χ0v) is 12.0. The standard InChI is InChI=1S/C16H13NO3S/c18-17(19)15-11-9-14(10-12-15)6-4-5-13-21(20)16-7-2-1-3-8-16/h1-3,7-12H,5,13H2. The van der Waals surface area contributed by atoms with Gasteiger partial charge in [0.2, 0.25) is 0 Å². The Hall–Kier alpha value is -2.45. The number of hydrogen-bond acceptors (Lipinski definition) is 3. The second kappa shape index (κ2) is 7.36. The summed E-state index contributed by atoms with van der Waals surface area (Å²) in [6.07, 6.45) is 0.512. The molecule has 0 spiro atoms. The Morgan fingerprint density at radius 2 is 1.71 bits per heavy atom. The van der Waals surface area contributed by atoms with Crippen molar-refractivity contribution in [3.8, 4) is 11.8 Å². The van der Waals surface area contributed by atoms with E-state index in [4.69, 9.17) is 0 Å². The topological polar surface area (TPSA) is 60.2 Å². The van der Waals surface area contributed by atoms with Gasteiger partial charge in [0.25, 0.3) is 5.69 Å². The van der Waals surface area contributed by atoms with Crippen LogP contribution in [0.4, 0.5) is 5.69 Å². The Balaban J connectivity index is 1.89. The van der Waals surface area contributed by atoms with Crippen LogP contribution in [0.15, 0.2) is 59.5 Å². The molecule has 4 nitrogen and oxygen atoms in total. The summed E-state index contributed by atoms with van der Waals surface area (Å²) in [7, 11) is -1.04. The molecule has 0 aliphatic heterocycles. The van der Waals surface area contributed by atoms with E-state index in [1.807, 2.05) is 30.3 Å². The summed E-state index contributed by atoms with van der Waals surface area (Å²) in [5.41, 5.74) is 0.761. The van der Waals surface area contributed by atoms with E-state index in [0.717, 1.165) is 4.90 Å². The molecule has 0 fully saturated rings. The van der Waals surface area contributed by atoms with Crippen LogP contribution in [0.3, 0.4) is 0 Å². The molecule has 0 aromatic heterocycles. The Bertz CT molecular complexity index is 700. The van der Waals surface area contributed by atoms with Crippen molar-refractivity contribution in [3.05, 3.63) is 70.3 Å². The van der Waals surface area contributed by atoms with E-state index in [1.54, 1.807) is 12.1 Å². The van der Waals surface area contributed by atoms with Crippen LogP contribution in [0.1, 0.15) is 12.0 Å². The van der Waals surface area contributed by atoms with E-state index in [-0.39, 0.29) is 5.69 Å². The highest BCUT2D eigenvalue weighted by Gasteiger charge is 2.02. The van der Waals surface area contributed by atoms with Gasteiger partial charge in [-0.2, -0.15) is 0 Å². The first kappa shape index (κ1) is 14.9. The van der Waals surface area contributed by atoms with Crippen molar-refractivity contribution < 1.29 is 9.13 Å². The zero-order chi connectivity index (χ0) is 15.1. The molecule has 21 heavy (non-hydrogen) atoms. The molecule has 1 unspecified atom stereocenters.